The molecule has 0 spiro atoms. The second-order valence-electron chi connectivity index (χ2n) is 4.63. The molecule has 1 rings (SSSR count). The predicted molar refractivity (Wildman–Crippen MR) is 70.6 cm³/mol. The summed E-state index contributed by atoms with van der Waals surface area (Å²) in [5.41, 5.74) is 9.05. The fourth-order valence-electron chi connectivity index (χ4n) is 1.73. The van der Waals surface area contributed by atoms with Gasteiger partial charge in [0.15, 0.2) is 0 Å². The summed E-state index contributed by atoms with van der Waals surface area (Å²) in [6.07, 6.45) is 0.735. The van der Waals surface area contributed by atoms with Gasteiger partial charge in [-0.15, -0.1) is 0 Å². The van der Waals surface area contributed by atoms with Crippen molar-refractivity contribution in [3.05, 3.63) is 34.9 Å². The van der Waals surface area contributed by atoms with E-state index in [4.69, 9.17) is 5.73 Å². The molecule has 0 saturated heterocycles. The molecule has 0 fully saturated rings. The van der Waals surface area contributed by atoms with Crippen molar-refractivity contribution in [3.63, 3.8) is 0 Å². The lowest BCUT2D eigenvalue weighted by molar-refractivity contribution is -0.124. The highest BCUT2D eigenvalue weighted by molar-refractivity contribution is 5.78. The molecule has 94 valence electrons. The number of hydrogen-bond acceptors (Lipinski definition) is 2. The predicted octanol–water partition coefficient (Wildman–Crippen LogP) is 1.90. The molecular weight excluding hydrogens is 212 g/mol. The third-order valence-corrected chi connectivity index (χ3v) is 3.00. The number of rotatable bonds is 5. The van der Waals surface area contributed by atoms with Crippen LogP contribution in [-0.2, 0) is 11.3 Å². The number of nitrogens with one attached hydrogen (secondary N) is 1. The van der Waals surface area contributed by atoms with Crippen LogP contribution < -0.4 is 11.1 Å². The van der Waals surface area contributed by atoms with Crippen molar-refractivity contribution < 1.29 is 4.79 Å². The Balaban J connectivity index is 2.55. The van der Waals surface area contributed by atoms with Crippen LogP contribution in [0.25, 0.3) is 0 Å². The molecule has 0 saturated carbocycles. The second kappa shape index (κ2) is 6.40. The van der Waals surface area contributed by atoms with Crippen LogP contribution in [0, 0.1) is 19.8 Å². The van der Waals surface area contributed by atoms with Gasteiger partial charge in [-0.1, -0.05) is 30.7 Å². The molecule has 0 bridgehead atoms. The Labute approximate surface area is 103 Å². The number of nitrogens with two attached hydrogens (primary N) is 1. The summed E-state index contributed by atoms with van der Waals surface area (Å²) in [5.74, 6) is 0.0708. The number of amides is 1. The monoisotopic (exact) mass is 234 g/mol. The normalized spacial score (nSPS) is 12.2. The molecule has 0 aromatic heterocycles. The van der Waals surface area contributed by atoms with Crippen molar-refractivity contribution in [1.29, 1.82) is 0 Å². The van der Waals surface area contributed by atoms with Crippen molar-refractivity contribution in [2.24, 2.45) is 11.7 Å². The van der Waals surface area contributed by atoms with E-state index >= 15 is 0 Å². The lowest BCUT2D eigenvalue weighted by atomic mass is 10.0. The quantitative estimate of drug-likeness (QED) is 0.817. The number of carbonyl (C=O) groups excluding carboxylic acids is 1. The summed E-state index contributed by atoms with van der Waals surface area (Å²) in [6.45, 7) is 7.18. The van der Waals surface area contributed by atoms with Crippen LogP contribution in [0.15, 0.2) is 18.2 Å². The standard InChI is InChI=1S/C14H22N2O/c1-10-4-5-11(2)13(8-10)9-16-14(17)12(3)6-7-15/h4-5,8,12H,6-7,9,15H2,1-3H3,(H,16,17). The van der Waals surface area contributed by atoms with Gasteiger partial charge >= 0.3 is 0 Å². The lowest BCUT2D eigenvalue weighted by Crippen LogP contribution is -2.30. The molecule has 0 aliphatic carbocycles. The number of carbonyl (C=O) groups is 1. The first kappa shape index (κ1) is 13.7. The summed E-state index contributed by atoms with van der Waals surface area (Å²) in [4.78, 5) is 11.7. The molecule has 17 heavy (non-hydrogen) atoms. The molecule has 0 radical (unpaired) electrons. The van der Waals surface area contributed by atoms with Gasteiger partial charge in [-0.05, 0) is 37.9 Å². The van der Waals surface area contributed by atoms with Crippen molar-refractivity contribution in [1.82, 2.24) is 5.32 Å². The van der Waals surface area contributed by atoms with E-state index in [2.05, 4.69) is 37.4 Å². The molecule has 3 heteroatoms. The maximum absolute atomic E-state index is 11.7. The van der Waals surface area contributed by atoms with E-state index < -0.39 is 0 Å². The van der Waals surface area contributed by atoms with Crippen LogP contribution in [0.5, 0.6) is 0 Å². The van der Waals surface area contributed by atoms with E-state index in [9.17, 15) is 4.79 Å². The van der Waals surface area contributed by atoms with Gasteiger partial charge in [-0.25, -0.2) is 0 Å². The van der Waals surface area contributed by atoms with Gasteiger partial charge in [-0.2, -0.15) is 0 Å². The Bertz CT molecular complexity index is 388. The lowest BCUT2D eigenvalue weighted by Gasteiger charge is -2.12. The molecule has 3 N–H and O–H groups in total. The van der Waals surface area contributed by atoms with E-state index in [1.54, 1.807) is 0 Å². The Morgan fingerprint density at radius 2 is 2.12 bits per heavy atom. The minimum absolute atomic E-state index is 0.00915. The SMILES string of the molecule is Cc1ccc(C)c(CNC(=O)C(C)CCN)c1. The fourth-order valence-corrected chi connectivity index (χ4v) is 1.73. The molecule has 0 aliphatic heterocycles. The van der Waals surface area contributed by atoms with Crippen LogP contribution in [0.3, 0.4) is 0 Å². The summed E-state index contributed by atoms with van der Waals surface area (Å²) in [7, 11) is 0. The molecule has 1 amide bonds. The molecule has 0 aliphatic rings. The minimum Gasteiger partial charge on any atom is -0.352 e. The van der Waals surface area contributed by atoms with Crippen molar-refractivity contribution in [2.45, 2.75) is 33.7 Å². The third-order valence-electron chi connectivity index (χ3n) is 3.00. The maximum atomic E-state index is 11.7. The zero-order chi connectivity index (χ0) is 12.8. The maximum Gasteiger partial charge on any atom is 0.223 e. The van der Waals surface area contributed by atoms with E-state index in [-0.39, 0.29) is 11.8 Å². The van der Waals surface area contributed by atoms with Crippen molar-refractivity contribution in [3.8, 4) is 0 Å². The van der Waals surface area contributed by atoms with E-state index in [1.165, 1.54) is 16.7 Å². The topological polar surface area (TPSA) is 55.1 Å². The van der Waals surface area contributed by atoms with E-state index in [0.29, 0.717) is 13.1 Å². The first-order valence-electron chi connectivity index (χ1n) is 6.08. The van der Waals surface area contributed by atoms with Gasteiger partial charge in [0.1, 0.15) is 0 Å². The first-order valence-corrected chi connectivity index (χ1v) is 6.08. The van der Waals surface area contributed by atoms with Gasteiger partial charge in [0.25, 0.3) is 0 Å². The zero-order valence-electron chi connectivity index (χ0n) is 10.9. The molecule has 1 unspecified atom stereocenters. The Morgan fingerprint density at radius 3 is 2.76 bits per heavy atom. The average molecular weight is 234 g/mol. The highest BCUT2D eigenvalue weighted by Crippen LogP contribution is 2.10. The summed E-state index contributed by atoms with van der Waals surface area (Å²) in [6, 6.07) is 6.28. The Hall–Kier alpha value is -1.35. The largest absolute Gasteiger partial charge is 0.352 e. The Morgan fingerprint density at radius 1 is 1.41 bits per heavy atom. The van der Waals surface area contributed by atoms with Crippen molar-refractivity contribution in [2.75, 3.05) is 6.54 Å². The van der Waals surface area contributed by atoms with Crippen LogP contribution in [0.1, 0.15) is 30.0 Å². The summed E-state index contributed by atoms with van der Waals surface area (Å²) in [5, 5.41) is 2.96. The highest BCUT2D eigenvalue weighted by atomic mass is 16.1. The van der Waals surface area contributed by atoms with E-state index in [0.717, 1.165) is 6.42 Å². The molecule has 1 aromatic rings. The highest BCUT2D eigenvalue weighted by Gasteiger charge is 2.11. The third kappa shape index (κ3) is 4.19. The van der Waals surface area contributed by atoms with Gasteiger partial charge in [0.05, 0.1) is 0 Å². The molecule has 0 heterocycles. The summed E-state index contributed by atoms with van der Waals surface area (Å²) >= 11 is 0. The van der Waals surface area contributed by atoms with E-state index in [1.807, 2.05) is 6.92 Å². The van der Waals surface area contributed by atoms with Gasteiger partial charge in [0, 0.05) is 12.5 Å². The molecule has 1 aromatic carbocycles. The molecular formula is C14H22N2O. The van der Waals surface area contributed by atoms with Crippen LogP contribution in [0.2, 0.25) is 0 Å². The number of benzene rings is 1. The van der Waals surface area contributed by atoms with Gasteiger partial charge < -0.3 is 11.1 Å². The van der Waals surface area contributed by atoms with Gasteiger partial charge in [0.2, 0.25) is 5.91 Å². The minimum atomic E-state index is -0.00915. The smallest absolute Gasteiger partial charge is 0.223 e. The number of hydrogen-bond donors (Lipinski definition) is 2. The van der Waals surface area contributed by atoms with Crippen LogP contribution >= 0.6 is 0 Å². The first-order chi connectivity index (χ1) is 8.04. The Kier molecular flexibility index (Phi) is 5.16. The summed E-state index contributed by atoms with van der Waals surface area (Å²) < 4.78 is 0. The zero-order valence-corrected chi connectivity index (χ0v) is 10.9. The second-order valence-corrected chi connectivity index (χ2v) is 4.63. The average Bonchev–Trinajstić information content (AvgIpc) is 2.30. The van der Waals surface area contributed by atoms with Crippen LogP contribution in [-0.4, -0.2) is 12.5 Å². The molecule has 3 nitrogen and oxygen atoms in total. The fraction of sp³-hybridized carbons (Fsp3) is 0.500. The van der Waals surface area contributed by atoms with Crippen LogP contribution in [0.4, 0.5) is 0 Å². The number of aryl methyl sites for hydroxylation is 2. The van der Waals surface area contributed by atoms with Crippen molar-refractivity contribution >= 4 is 5.91 Å². The van der Waals surface area contributed by atoms with Gasteiger partial charge in [-0.3, -0.25) is 4.79 Å². The molecule has 1 atom stereocenters.